The summed E-state index contributed by atoms with van der Waals surface area (Å²) >= 11 is 0. The second-order valence-corrected chi connectivity index (χ2v) is 14.5. The molecule has 1 aliphatic rings. The Hall–Kier alpha value is -4.09. The zero-order chi connectivity index (χ0) is 45.3. The number of esters is 1. The molecule has 0 aromatic carbocycles. The molecule has 0 aromatic heterocycles. The Morgan fingerprint density at radius 3 is 1.49 bits per heavy atom. The maximum atomic E-state index is 13.3. The topological polar surface area (TPSA) is 254 Å². The summed E-state index contributed by atoms with van der Waals surface area (Å²) in [5.41, 5.74) is -0.768. The second-order valence-electron chi connectivity index (χ2n) is 14.5. The molecule has 21 nitrogen and oxygen atoms in total. The Balaban J connectivity index is 2.29. The third kappa shape index (κ3) is 29.0. The van der Waals surface area contributed by atoms with Gasteiger partial charge in [0.1, 0.15) is 23.7 Å². The lowest BCUT2D eigenvalue weighted by molar-refractivity contribution is -0.158. The van der Waals surface area contributed by atoms with Gasteiger partial charge in [0.05, 0.1) is 99.1 Å². The van der Waals surface area contributed by atoms with Gasteiger partial charge >= 0.3 is 5.97 Å². The van der Waals surface area contributed by atoms with Crippen LogP contribution in [0, 0.1) is 0 Å². The zero-order valence-corrected chi connectivity index (χ0v) is 36.7. The summed E-state index contributed by atoms with van der Waals surface area (Å²) < 4.78 is 48.2. The fourth-order valence-electron chi connectivity index (χ4n) is 4.94. The predicted octanol–water partition coefficient (Wildman–Crippen LogP) is -0.813. The van der Waals surface area contributed by atoms with E-state index in [9.17, 15) is 33.6 Å². The van der Waals surface area contributed by atoms with Crippen LogP contribution >= 0.6 is 0 Å². The summed E-state index contributed by atoms with van der Waals surface area (Å²) in [6.07, 6.45) is 2.03. The van der Waals surface area contributed by atoms with Crippen LogP contribution < -0.4 is 21.3 Å². The van der Waals surface area contributed by atoms with Crippen LogP contribution in [0.5, 0.6) is 0 Å². The van der Waals surface area contributed by atoms with Crippen LogP contribution in [0.1, 0.15) is 60.3 Å². The minimum Gasteiger partial charge on any atom is -0.458 e. The summed E-state index contributed by atoms with van der Waals surface area (Å²) in [4.78, 5) is 88.4. The number of amides is 6. The van der Waals surface area contributed by atoms with Crippen molar-refractivity contribution in [2.45, 2.75) is 84.0 Å². The van der Waals surface area contributed by atoms with Crippen LogP contribution in [-0.2, 0) is 76.2 Å². The van der Waals surface area contributed by atoms with Gasteiger partial charge in [-0.05, 0) is 47.5 Å². The molecule has 1 rings (SSSR count). The van der Waals surface area contributed by atoms with Crippen molar-refractivity contribution in [1.29, 1.82) is 0 Å². The van der Waals surface area contributed by atoms with Gasteiger partial charge in [-0.3, -0.25) is 33.7 Å². The Morgan fingerprint density at radius 2 is 1.03 bits per heavy atom. The standard InChI is InChI=1S/C40H69N5O16/c1-30(37(50)43-31(2)39(52)61-40(3,4)5)42-38(51)32(44-34(47)8-7-14-45-35(48)11-12-36(45)49)9-10-33(46)41-13-15-54-18-19-56-22-23-58-26-27-60-29-28-59-25-24-57-21-20-55-17-16-53-6/h11-12,30-32H,7-10,13-29H2,1-6H3,(H,41,46)(H,42,51)(H,43,50)(H,44,47). The van der Waals surface area contributed by atoms with Gasteiger partial charge in [0.25, 0.3) is 11.8 Å². The quantitative estimate of drug-likeness (QED) is 0.0338. The van der Waals surface area contributed by atoms with E-state index in [1.807, 2.05) is 0 Å². The molecule has 4 N–H and O–H groups in total. The average Bonchev–Trinajstić information content (AvgIpc) is 3.52. The molecule has 3 unspecified atom stereocenters. The van der Waals surface area contributed by atoms with E-state index in [1.165, 1.54) is 13.8 Å². The van der Waals surface area contributed by atoms with E-state index in [-0.39, 0.29) is 45.4 Å². The molecule has 0 saturated heterocycles. The first-order chi connectivity index (χ1) is 29.1. The molecule has 1 heterocycles. The van der Waals surface area contributed by atoms with E-state index in [0.29, 0.717) is 92.5 Å². The summed E-state index contributed by atoms with van der Waals surface area (Å²) in [6.45, 7) is 14.5. The fraction of sp³-hybridized carbons (Fsp3) is 0.775. The lowest BCUT2D eigenvalue weighted by Crippen LogP contribution is -2.54. The molecular weight excluding hydrogens is 806 g/mol. The molecule has 0 bridgehead atoms. The third-order valence-electron chi connectivity index (χ3n) is 8.10. The largest absolute Gasteiger partial charge is 0.458 e. The molecule has 61 heavy (non-hydrogen) atoms. The first kappa shape index (κ1) is 54.9. The Morgan fingerprint density at radius 1 is 0.590 bits per heavy atom. The molecule has 0 fully saturated rings. The first-order valence-electron chi connectivity index (χ1n) is 20.6. The molecule has 6 amide bonds. The summed E-state index contributed by atoms with van der Waals surface area (Å²) in [6, 6.07) is -3.33. The minimum atomic E-state index is -1.21. The van der Waals surface area contributed by atoms with Gasteiger partial charge in [0.15, 0.2) is 0 Å². The third-order valence-corrected chi connectivity index (χ3v) is 8.10. The number of nitrogens with one attached hydrogen (secondary N) is 4. The van der Waals surface area contributed by atoms with Crippen LogP contribution in [0.25, 0.3) is 0 Å². The number of methoxy groups -OCH3 is 1. The van der Waals surface area contributed by atoms with Crippen molar-refractivity contribution < 1.29 is 76.2 Å². The van der Waals surface area contributed by atoms with Gasteiger partial charge < -0.3 is 63.9 Å². The molecule has 0 spiro atoms. The fourth-order valence-corrected chi connectivity index (χ4v) is 4.94. The molecule has 1 aliphatic heterocycles. The minimum absolute atomic E-state index is 0.00674. The molecule has 21 heteroatoms. The average molecular weight is 876 g/mol. The lowest BCUT2D eigenvalue weighted by Gasteiger charge is -2.24. The maximum Gasteiger partial charge on any atom is 0.328 e. The van der Waals surface area contributed by atoms with E-state index in [4.69, 9.17) is 42.6 Å². The van der Waals surface area contributed by atoms with E-state index < -0.39 is 65.1 Å². The van der Waals surface area contributed by atoms with Gasteiger partial charge in [0, 0.05) is 45.2 Å². The van der Waals surface area contributed by atoms with Crippen molar-refractivity contribution in [3.05, 3.63) is 12.2 Å². The Kier molecular flexibility index (Phi) is 30.2. The van der Waals surface area contributed by atoms with E-state index in [2.05, 4.69) is 21.3 Å². The molecule has 0 radical (unpaired) electrons. The van der Waals surface area contributed by atoms with Gasteiger partial charge in [-0.1, -0.05) is 0 Å². The SMILES string of the molecule is COCCOCCOCCOCCOCCOCCOCCOCCNC(=O)CCC(NC(=O)CCCN1C(=O)C=CC1=O)C(=O)NC(C)C(=O)NC(C)C(=O)OC(C)(C)C. The maximum absolute atomic E-state index is 13.3. The molecule has 0 saturated carbocycles. The number of carbonyl (C=O) groups is 7. The van der Waals surface area contributed by atoms with Crippen LogP contribution in [0.15, 0.2) is 12.2 Å². The predicted molar refractivity (Wildman–Crippen MR) is 218 cm³/mol. The first-order valence-corrected chi connectivity index (χ1v) is 20.6. The van der Waals surface area contributed by atoms with E-state index in [0.717, 1.165) is 17.1 Å². The monoisotopic (exact) mass is 875 g/mol. The second kappa shape index (κ2) is 33.5. The van der Waals surface area contributed by atoms with Gasteiger partial charge in [-0.15, -0.1) is 0 Å². The summed E-state index contributed by atoms with van der Waals surface area (Å²) in [7, 11) is 1.62. The zero-order valence-electron chi connectivity index (χ0n) is 36.7. The van der Waals surface area contributed by atoms with Crippen molar-refractivity contribution in [2.75, 3.05) is 119 Å². The van der Waals surface area contributed by atoms with Crippen LogP contribution in [0.3, 0.4) is 0 Å². The Labute approximate surface area is 358 Å². The van der Waals surface area contributed by atoms with Gasteiger partial charge in [-0.25, -0.2) is 4.79 Å². The number of rotatable bonds is 37. The van der Waals surface area contributed by atoms with E-state index in [1.54, 1.807) is 27.9 Å². The Bertz CT molecular complexity index is 1330. The van der Waals surface area contributed by atoms with Crippen molar-refractivity contribution in [2.24, 2.45) is 0 Å². The van der Waals surface area contributed by atoms with Gasteiger partial charge in [-0.2, -0.15) is 0 Å². The number of hydrogen-bond donors (Lipinski definition) is 4. The van der Waals surface area contributed by atoms with Gasteiger partial charge in [0.2, 0.25) is 23.6 Å². The highest BCUT2D eigenvalue weighted by molar-refractivity contribution is 6.12. The van der Waals surface area contributed by atoms with Crippen molar-refractivity contribution in [3.8, 4) is 0 Å². The molecule has 350 valence electrons. The molecule has 0 aromatic rings. The molecule has 0 aliphatic carbocycles. The highest BCUT2D eigenvalue weighted by atomic mass is 16.6. The molecular formula is C40H69N5O16. The lowest BCUT2D eigenvalue weighted by atomic mass is 10.1. The highest BCUT2D eigenvalue weighted by Gasteiger charge is 2.29. The summed E-state index contributed by atoms with van der Waals surface area (Å²) in [5, 5.41) is 10.3. The smallest absolute Gasteiger partial charge is 0.328 e. The van der Waals surface area contributed by atoms with Crippen molar-refractivity contribution >= 4 is 41.4 Å². The number of carbonyl (C=O) groups excluding carboxylic acids is 7. The van der Waals surface area contributed by atoms with Crippen LogP contribution in [0.4, 0.5) is 0 Å². The number of nitrogens with zero attached hydrogens (tertiary/aromatic N) is 1. The van der Waals surface area contributed by atoms with E-state index >= 15 is 0 Å². The molecule has 3 atom stereocenters. The van der Waals surface area contributed by atoms with Crippen molar-refractivity contribution in [3.63, 3.8) is 0 Å². The highest BCUT2D eigenvalue weighted by Crippen LogP contribution is 2.09. The van der Waals surface area contributed by atoms with Crippen LogP contribution in [-0.4, -0.2) is 189 Å². The van der Waals surface area contributed by atoms with Crippen molar-refractivity contribution in [1.82, 2.24) is 26.2 Å². The number of imide groups is 1. The van der Waals surface area contributed by atoms with Crippen LogP contribution in [0.2, 0.25) is 0 Å². The number of hydrogen-bond acceptors (Lipinski definition) is 16. The summed E-state index contributed by atoms with van der Waals surface area (Å²) in [5.74, 6) is -3.99. The number of ether oxygens (including phenoxy) is 9. The normalized spacial score (nSPS) is 14.1.